The second kappa shape index (κ2) is 7.17. The Morgan fingerprint density at radius 2 is 1.59 bits per heavy atom. The molecule has 1 amide bonds. The van der Waals surface area contributed by atoms with E-state index in [1.165, 1.54) is 0 Å². The second-order valence-electron chi connectivity index (χ2n) is 6.70. The van der Waals surface area contributed by atoms with Crippen molar-refractivity contribution in [3.63, 3.8) is 0 Å². The lowest BCUT2D eigenvalue weighted by atomic mass is 10.0. The lowest BCUT2D eigenvalue weighted by Crippen LogP contribution is -2.13. The lowest BCUT2D eigenvalue weighted by molar-refractivity contribution is -0.111. The molecule has 29 heavy (non-hydrogen) atoms. The summed E-state index contributed by atoms with van der Waals surface area (Å²) in [5.74, 6) is 0.398. The van der Waals surface area contributed by atoms with E-state index in [1.807, 2.05) is 78.9 Å². The molecule has 2 heterocycles. The summed E-state index contributed by atoms with van der Waals surface area (Å²) in [6, 6.07) is 26.7. The normalized spacial score (nSPS) is 11.8. The van der Waals surface area contributed by atoms with Crippen molar-refractivity contribution in [1.82, 2.24) is 0 Å². The molecular weight excluding hydrogens is 362 g/mol. The van der Waals surface area contributed by atoms with Crippen molar-refractivity contribution in [1.29, 1.82) is 0 Å². The van der Waals surface area contributed by atoms with E-state index in [2.05, 4.69) is 5.32 Å². The predicted octanol–water partition coefficient (Wildman–Crippen LogP) is 6.36. The molecule has 0 aliphatic heterocycles. The van der Waals surface area contributed by atoms with Crippen molar-refractivity contribution in [3.8, 4) is 0 Å². The van der Waals surface area contributed by atoms with Gasteiger partial charge in [0.25, 0.3) is 5.91 Å². The minimum Gasteiger partial charge on any atom is -0.465 e. The molecule has 2 aromatic heterocycles. The average Bonchev–Trinajstić information content (AvgIpc) is 3.39. The van der Waals surface area contributed by atoms with Crippen molar-refractivity contribution in [2.24, 2.45) is 0 Å². The van der Waals surface area contributed by atoms with E-state index < -0.39 is 0 Å². The lowest BCUT2D eigenvalue weighted by Gasteiger charge is -2.09. The number of carbonyl (C=O) groups is 1. The minimum absolute atomic E-state index is 0.219. The molecule has 3 aromatic carbocycles. The molecule has 140 valence electrons. The maximum Gasteiger partial charge on any atom is 0.256 e. The molecule has 0 spiro atoms. The third-order valence-corrected chi connectivity index (χ3v) is 4.80. The van der Waals surface area contributed by atoms with Gasteiger partial charge in [0.2, 0.25) is 0 Å². The monoisotopic (exact) mass is 379 g/mol. The Bertz CT molecular complexity index is 1330. The first kappa shape index (κ1) is 17.1. The smallest absolute Gasteiger partial charge is 0.256 e. The molecule has 0 saturated heterocycles. The highest BCUT2D eigenvalue weighted by Gasteiger charge is 2.14. The summed E-state index contributed by atoms with van der Waals surface area (Å²) >= 11 is 0. The van der Waals surface area contributed by atoms with Gasteiger partial charge in [-0.25, -0.2) is 0 Å². The van der Waals surface area contributed by atoms with Crippen molar-refractivity contribution in [2.45, 2.75) is 0 Å². The third-order valence-electron chi connectivity index (χ3n) is 4.80. The van der Waals surface area contributed by atoms with Crippen molar-refractivity contribution >= 4 is 45.2 Å². The summed E-state index contributed by atoms with van der Waals surface area (Å²) in [5.41, 5.74) is 3.56. The molecule has 0 fully saturated rings. The summed E-state index contributed by atoms with van der Waals surface area (Å²) < 4.78 is 11.3. The number of nitrogens with one attached hydrogen (secondary N) is 1. The Labute approximate surface area is 167 Å². The molecular formula is C25H17NO3. The predicted molar refractivity (Wildman–Crippen MR) is 115 cm³/mol. The number of amides is 1. The van der Waals surface area contributed by atoms with Crippen LogP contribution in [0.1, 0.15) is 11.3 Å². The van der Waals surface area contributed by atoms with E-state index in [4.69, 9.17) is 8.83 Å². The topological polar surface area (TPSA) is 55.4 Å². The standard InChI is InChI=1S/C25H17NO3/c27-25(22(16-19-9-6-14-28-19)17-7-2-1-3-8-17)26-18-12-13-21-20-10-4-5-11-23(20)29-24(21)15-18/h1-16H,(H,26,27)/b22-16+. The van der Waals surface area contributed by atoms with Gasteiger partial charge in [-0.3, -0.25) is 4.79 Å². The number of furan rings is 2. The Kier molecular flexibility index (Phi) is 4.22. The summed E-state index contributed by atoms with van der Waals surface area (Å²) in [5, 5.41) is 5.06. The van der Waals surface area contributed by atoms with Gasteiger partial charge in [-0.05, 0) is 42.0 Å². The van der Waals surface area contributed by atoms with Crippen LogP contribution in [0.3, 0.4) is 0 Å². The van der Waals surface area contributed by atoms with Crippen LogP contribution in [-0.2, 0) is 4.79 Å². The first-order valence-electron chi connectivity index (χ1n) is 9.31. The van der Waals surface area contributed by atoms with Gasteiger partial charge in [-0.2, -0.15) is 0 Å². The Morgan fingerprint density at radius 3 is 2.41 bits per heavy atom. The summed E-state index contributed by atoms with van der Waals surface area (Å²) in [7, 11) is 0. The van der Waals surface area contributed by atoms with Gasteiger partial charge in [-0.1, -0.05) is 48.5 Å². The zero-order valence-electron chi connectivity index (χ0n) is 15.5. The molecule has 0 aliphatic rings. The van der Waals surface area contributed by atoms with Gasteiger partial charge < -0.3 is 14.2 Å². The van der Waals surface area contributed by atoms with Gasteiger partial charge in [0.15, 0.2) is 0 Å². The van der Waals surface area contributed by atoms with Gasteiger partial charge >= 0.3 is 0 Å². The molecule has 4 heteroatoms. The maximum atomic E-state index is 13.1. The fourth-order valence-corrected chi connectivity index (χ4v) is 3.42. The Hall–Kier alpha value is -4.05. The van der Waals surface area contributed by atoms with Crippen molar-refractivity contribution in [2.75, 3.05) is 5.32 Å². The molecule has 0 aliphatic carbocycles. The molecule has 0 atom stereocenters. The number of hydrogen-bond donors (Lipinski definition) is 1. The van der Waals surface area contributed by atoms with Gasteiger partial charge in [0.05, 0.1) is 11.8 Å². The van der Waals surface area contributed by atoms with Crippen LogP contribution in [0.25, 0.3) is 33.6 Å². The van der Waals surface area contributed by atoms with E-state index in [0.29, 0.717) is 17.0 Å². The highest BCUT2D eigenvalue weighted by molar-refractivity contribution is 6.29. The average molecular weight is 379 g/mol. The Balaban J connectivity index is 1.50. The second-order valence-corrected chi connectivity index (χ2v) is 6.70. The molecule has 5 aromatic rings. The molecule has 0 saturated carbocycles. The van der Waals surface area contributed by atoms with Crippen LogP contribution >= 0.6 is 0 Å². The zero-order chi connectivity index (χ0) is 19.6. The summed E-state index contributed by atoms with van der Waals surface area (Å²) in [6.07, 6.45) is 3.33. The molecule has 0 bridgehead atoms. The molecule has 4 nitrogen and oxygen atoms in total. The largest absolute Gasteiger partial charge is 0.465 e. The van der Waals surface area contributed by atoms with Crippen molar-refractivity contribution in [3.05, 3.63) is 103 Å². The highest BCUT2D eigenvalue weighted by Crippen LogP contribution is 2.31. The Morgan fingerprint density at radius 1 is 0.793 bits per heavy atom. The van der Waals surface area contributed by atoms with Gasteiger partial charge in [0.1, 0.15) is 16.9 Å². The van der Waals surface area contributed by atoms with Crippen LogP contribution < -0.4 is 5.32 Å². The maximum absolute atomic E-state index is 13.1. The number of fused-ring (bicyclic) bond motifs is 3. The number of carbonyl (C=O) groups excluding carboxylic acids is 1. The van der Waals surface area contributed by atoms with Gasteiger partial charge in [0, 0.05) is 22.5 Å². The van der Waals surface area contributed by atoms with E-state index in [0.717, 1.165) is 27.5 Å². The number of rotatable bonds is 4. The minimum atomic E-state index is -0.219. The first-order valence-corrected chi connectivity index (χ1v) is 9.31. The molecule has 5 rings (SSSR count). The fourth-order valence-electron chi connectivity index (χ4n) is 3.42. The molecule has 0 unspecified atom stereocenters. The zero-order valence-corrected chi connectivity index (χ0v) is 15.5. The van der Waals surface area contributed by atoms with E-state index in [9.17, 15) is 4.79 Å². The van der Waals surface area contributed by atoms with Crippen LogP contribution in [0.2, 0.25) is 0 Å². The van der Waals surface area contributed by atoms with E-state index in [-0.39, 0.29) is 5.91 Å². The van der Waals surface area contributed by atoms with E-state index >= 15 is 0 Å². The summed E-state index contributed by atoms with van der Waals surface area (Å²) in [6.45, 7) is 0. The van der Waals surface area contributed by atoms with Crippen LogP contribution in [0, 0.1) is 0 Å². The first-order chi connectivity index (χ1) is 14.3. The van der Waals surface area contributed by atoms with Gasteiger partial charge in [-0.15, -0.1) is 0 Å². The SMILES string of the molecule is O=C(Nc1ccc2c(c1)oc1ccccc12)/C(=C/c1ccco1)c1ccccc1. The van der Waals surface area contributed by atoms with Crippen molar-refractivity contribution < 1.29 is 13.6 Å². The quantitative estimate of drug-likeness (QED) is 0.370. The number of hydrogen-bond acceptors (Lipinski definition) is 3. The summed E-state index contributed by atoms with van der Waals surface area (Å²) in [4.78, 5) is 13.1. The van der Waals surface area contributed by atoms with Crippen LogP contribution in [0.5, 0.6) is 0 Å². The molecule has 1 N–H and O–H groups in total. The third kappa shape index (κ3) is 3.32. The van der Waals surface area contributed by atoms with Crippen LogP contribution in [0.15, 0.2) is 100 Å². The van der Waals surface area contributed by atoms with Crippen LogP contribution in [-0.4, -0.2) is 5.91 Å². The molecule has 0 radical (unpaired) electrons. The number of para-hydroxylation sites is 1. The number of anilines is 1. The van der Waals surface area contributed by atoms with Crippen LogP contribution in [0.4, 0.5) is 5.69 Å². The highest BCUT2D eigenvalue weighted by atomic mass is 16.3. The van der Waals surface area contributed by atoms with E-state index in [1.54, 1.807) is 18.4 Å². The fraction of sp³-hybridized carbons (Fsp3) is 0. The number of benzene rings is 3.